The van der Waals surface area contributed by atoms with E-state index in [1.54, 1.807) is 25.3 Å². The fraction of sp³-hybridized carbons (Fsp3) is 0.533. The summed E-state index contributed by atoms with van der Waals surface area (Å²) in [5, 5.41) is 3.42. The Morgan fingerprint density at radius 2 is 2.19 bits per heavy atom. The first kappa shape index (κ1) is 16.1. The van der Waals surface area contributed by atoms with Gasteiger partial charge in [0.2, 0.25) is 5.91 Å². The zero-order chi connectivity index (χ0) is 15.2. The lowest BCUT2D eigenvalue weighted by atomic mass is 9.97. The third kappa shape index (κ3) is 4.59. The van der Waals surface area contributed by atoms with Crippen molar-refractivity contribution in [1.82, 2.24) is 4.90 Å². The van der Waals surface area contributed by atoms with Gasteiger partial charge in [-0.2, -0.15) is 0 Å². The Balaban J connectivity index is 1.89. The van der Waals surface area contributed by atoms with Gasteiger partial charge < -0.3 is 15.8 Å². The van der Waals surface area contributed by atoms with Gasteiger partial charge in [-0.1, -0.05) is 11.6 Å². The van der Waals surface area contributed by atoms with Crippen molar-refractivity contribution in [3.05, 3.63) is 23.2 Å². The van der Waals surface area contributed by atoms with Crippen LogP contribution in [-0.2, 0) is 4.79 Å². The first-order valence-electron chi connectivity index (χ1n) is 7.18. The third-order valence-electron chi connectivity index (χ3n) is 3.84. The number of hydrogen-bond donors (Lipinski definition) is 2. The Morgan fingerprint density at radius 3 is 2.81 bits per heavy atom. The van der Waals surface area contributed by atoms with Gasteiger partial charge in [0.1, 0.15) is 5.75 Å². The Bertz CT molecular complexity index is 488. The molecule has 1 saturated heterocycles. The zero-order valence-electron chi connectivity index (χ0n) is 12.3. The van der Waals surface area contributed by atoms with E-state index in [2.05, 4.69) is 10.2 Å². The number of carbonyl (C=O) groups excluding carboxylic acids is 1. The predicted octanol–water partition coefficient (Wildman–Crippen LogP) is 1.96. The summed E-state index contributed by atoms with van der Waals surface area (Å²) < 4.78 is 5.22. The zero-order valence-corrected chi connectivity index (χ0v) is 13.0. The summed E-state index contributed by atoms with van der Waals surface area (Å²) in [5.74, 6) is 1.15. The van der Waals surface area contributed by atoms with Crippen molar-refractivity contribution in [2.24, 2.45) is 11.7 Å². The largest absolute Gasteiger partial charge is 0.495 e. The Morgan fingerprint density at radius 1 is 1.48 bits per heavy atom. The van der Waals surface area contributed by atoms with Crippen LogP contribution in [0.25, 0.3) is 0 Å². The number of anilines is 1. The molecular formula is C15H22ClN3O2. The molecule has 21 heavy (non-hydrogen) atoms. The molecule has 5 nitrogen and oxygen atoms in total. The van der Waals surface area contributed by atoms with E-state index in [0.29, 0.717) is 28.9 Å². The van der Waals surface area contributed by atoms with E-state index < -0.39 is 0 Å². The molecule has 2 rings (SSSR count). The highest BCUT2D eigenvalue weighted by Gasteiger charge is 2.20. The standard InChI is InChI=1S/C15H22ClN3O2/c1-21-14-3-2-12(16)8-13(14)18-15(20)10-19-6-4-11(9-17)5-7-19/h2-3,8,11H,4-7,9-10,17H2,1H3,(H,18,20). The highest BCUT2D eigenvalue weighted by atomic mass is 35.5. The number of nitrogens with two attached hydrogens (primary N) is 1. The van der Waals surface area contributed by atoms with Crippen LogP contribution < -0.4 is 15.8 Å². The molecule has 116 valence electrons. The average Bonchev–Trinajstić information content (AvgIpc) is 2.48. The lowest BCUT2D eigenvalue weighted by Crippen LogP contribution is -2.40. The van der Waals surface area contributed by atoms with Crippen molar-refractivity contribution in [3.8, 4) is 5.75 Å². The molecule has 0 aliphatic carbocycles. The average molecular weight is 312 g/mol. The van der Waals surface area contributed by atoms with Gasteiger partial charge in [-0.05, 0) is 56.6 Å². The van der Waals surface area contributed by atoms with Crippen molar-refractivity contribution >= 4 is 23.2 Å². The molecule has 1 fully saturated rings. The number of likely N-dealkylation sites (tertiary alicyclic amines) is 1. The van der Waals surface area contributed by atoms with Crippen molar-refractivity contribution in [3.63, 3.8) is 0 Å². The van der Waals surface area contributed by atoms with E-state index in [0.717, 1.165) is 32.5 Å². The highest BCUT2D eigenvalue weighted by molar-refractivity contribution is 6.31. The molecular weight excluding hydrogens is 290 g/mol. The maximum absolute atomic E-state index is 12.1. The van der Waals surface area contributed by atoms with Gasteiger partial charge in [-0.3, -0.25) is 9.69 Å². The Hall–Kier alpha value is -1.30. The minimum absolute atomic E-state index is 0.0539. The number of rotatable bonds is 5. The van der Waals surface area contributed by atoms with Crippen LogP contribution in [0.5, 0.6) is 5.75 Å². The number of nitrogens with zero attached hydrogens (tertiary/aromatic N) is 1. The lowest BCUT2D eigenvalue weighted by molar-refractivity contribution is -0.117. The summed E-state index contributed by atoms with van der Waals surface area (Å²) in [6.07, 6.45) is 2.12. The smallest absolute Gasteiger partial charge is 0.238 e. The van der Waals surface area contributed by atoms with E-state index in [1.807, 2.05) is 0 Å². The molecule has 0 radical (unpaired) electrons. The topological polar surface area (TPSA) is 67.6 Å². The molecule has 1 aliphatic heterocycles. The lowest BCUT2D eigenvalue weighted by Gasteiger charge is -2.30. The van der Waals surface area contributed by atoms with Crippen LogP contribution in [0.3, 0.4) is 0 Å². The predicted molar refractivity (Wildman–Crippen MR) is 84.9 cm³/mol. The van der Waals surface area contributed by atoms with Crippen molar-refractivity contribution in [2.75, 3.05) is 38.6 Å². The molecule has 0 bridgehead atoms. The van der Waals surface area contributed by atoms with Crippen LogP contribution >= 0.6 is 11.6 Å². The van der Waals surface area contributed by atoms with Crippen LogP contribution in [0.2, 0.25) is 5.02 Å². The maximum atomic E-state index is 12.1. The minimum atomic E-state index is -0.0539. The second kappa shape index (κ2) is 7.64. The summed E-state index contributed by atoms with van der Waals surface area (Å²) in [6, 6.07) is 5.16. The fourth-order valence-electron chi connectivity index (χ4n) is 2.55. The number of carbonyl (C=O) groups is 1. The third-order valence-corrected chi connectivity index (χ3v) is 4.08. The number of nitrogens with one attached hydrogen (secondary N) is 1. The van der Waals surface area contributed by atoms with Gasteiger partial charge >= 0.3 is 0 Å². The molecule has 1 aromatic rings. The second-order valence-electron chi connectivity index (χ2n) is 5.35. The summed E-state index contributed by atoms with van der Waals surface area (Å²) >= 11 is 5.95. The number of methoxy groups -OCH3 is 1. The van der Waals surface area contributed by atoms with E-state index in [1.165, 1.54) is 0 Å². The first-order valence-corrected chi connectivity index (χ1v) is 7.56. The molecule has 0 aromatic heterocycles. The van der Waals surface area contributed by atoms with E-state index in [4.69, 9.17) is 22.1 Å². The Kier molecular flexibility index (Phi) is 5.85. The quantitative estimate of drug-likeness (QED) is 0.872. The molecule has 1 amide bonds. The van der Waals surface area contributed by atoms with Crippen LogP contribution in [0, 0.1) is 5.92 Å². The van der Waals surface area contributed by atoms with E-state index >= 15 is 0 Å². The summed E-state index contributed by atoms with van der Waals surface area (Å²) in [5.41, 5.74) is 6.28. The number of amides is 1. The van der Waals surface area contributed by atoms with E-state index in [9.17, 15) is 4.79 Å². The second-order valence-corrected chi connectivity index (χ2v) is 5.78. The molecule has 6 heteroatoms. The van der Waals surface area contributed by atoms with Gasteiger partial charge in [0.15, 0.2) is 0 Å². The number of piperidine rings is 1. The molecule has 0 saturated carbocycles. The van der Waals surface area contributed by atoms with Crippen LogP contribution in [0.4, 0.5) is 5.69 Å². The van der Waals surface area contributed by atoms with Gasteiger partial charge in [0, 0.05) is 5.02 Å². The molecule has 1 aromatic carbocycles. The number of hydrogen-bond acceptors (Lipinski definition) is 4. The molecule has 1 aliphatic rings. The fourth-order valence-corrected chi connectivity index (χ4v) is 2.72. The number of benzene rings is 1. The minimum Gasteiger partial charge on any atom is -0.495 e. The van der Waals surface area contributed by atoms with Gasteiger partial charge in [0.25, 0.3) is 0 Å². The maximum Gasteiger partial charge on any atom is 0.238 e. The molecule has 0 atom stereocenters. The van der Waals surface area contributed by atoms with Gasteiger partial charge in [-0.15, -0.1) is 0 Å². The summed E-state index contributed by atoms with van der Waals surface area (Å²) in [6.45, 7) is 2.96. The van der Waals surface area contributed by atoms with Crippen LogP contribution in [0.1, 0.15) is 12.8 Å². The van der Waals surface area contributed by atoms with Crippen LogP contribution in [0.15, 0.2) is 18.2 Å². The van der Waals surface area contributed by atoms with Crippen LogP contribution in [-0.4, -0.2) is 44.1 Å². The van der Waals surface area contributed by atoms with E-state index in [-0.39, 0.29) is 5.91 Å². The van der Waals surface area contributed by atoms with Crippen molar-refractivity contribution in [1.29, 1.82) is 0 Å². The molecule has 1 heterocycles. The van der Waals surface area contributed by atoms with Gasteiger partial charge in [0.05, 0.1) is 19.3 Å². The Labute approximate surface area is 130 Å². The number of ether oxygens (including phenoxy) is 1. The van der Waals surface area contributed by atoms with Crippen molar-refractivity contribution in [2.45, 2.75) is 12.8 Å². The molecule has 0 unspecified atom stereocenters. The molecule has 3 N–H and O–H groups in total. The highest BCUT2D eigenvalue weighted by Crippen LogP contribution is 2.27. The summed E-state index contributed by atoms with van der Waals surface area (Å²) in [4.78, 5) is 14.3. The summed E-state index contributed by atoms with van der Waals surface area (Å²) in [7, 11) is 1.57. The van der Waals surface area contributed by atoms with Crippen molar-refractivity contribution < 1.29 is 9.53 Å². The van der Waals surface area contributed by atoms with Gasteiger partial charge in [-0.25, -0.2) is 0 Å². The SMILES string of the molecule is COc1ccc(Cl)cc1NC(=O)CN1CCC(CN)CC1. The molecule has 0 spiro atoms. The normalized spacial score (nSPS) is 16.7. The first-order chi connectivity index (χ1) is 10.1. The monoisotopic (exact) mass is 311 g/mol. The number of halogens is 1.